The first-order valence-electron chi connectivity index (χ1n) is 5.05. The lowest BCUT2D eigenvalue weighted by Crippen LogP contribution is -1.93. The van der Waals surface area contributed by atoms with Crippen LogP contribution in [0.3, 0.4) is 0 Å². The Balaban J connectivity index is 2.26. The fourth-order valence-electron chi connectivity index (χ4n) is 1.31. The Morgan fingerprint density at radius 3 is 2.47 bits per heavy atom. The van der Waals surface area contributed by atoms with Crippen LogP contribution in [0.25, 0.3) is 0 Å². The Morgan fingerprint density at radius 1 is 1.12 bits per heavy atom. The molecule has 5 nitrogen and oxygen atoms in total. The van der Waals surface area contributed by atoms with Gasteiger partial charge in [0.1, 0.15) is 5.82 Å². The largest absolute Gasteiger partial charge is 0.493 e. The summed E-state index contributed by atoms with van der Waals surface area (Å²) < 4.78 is 10.7. The molecule has 1 radical (unpaired) electrons. The number of methoxy groups -OCH3 is 1. The van der Waals surface area contributed by atoms with E-state index >= 15 is 0 Å². The molecule has 0 saturated carbocycles. The highest BCUT2D eigenvalue weighted by atomic mass is 16.5. The molecule has 1 aromatic heterocycles. The van der Waals surface area contributed by atoms with Crippen molar-refractivity contribution in [1.82, 2.24) is 15.7 Å². The second-order valence-corrected chi connectivity index (χ2v) is 3.43. The molecule has 0 aliphatic carbocycles. The molecule has 1 heterocycles. The van der Waals surface area contributed by atoms with Gasteiger partial charge in [-0.2, -0.15) is 0 Å². The van der Waals surface area contributed by atoms with Crippen LogP contribution in [0.2, 0.25) is 0 Å². The lowest BCUT2D eigenvalue weighted by molar-refractivity contribution is 0.378. The number of rotatable bonds is 3. The summed E-state index contributed by atoms with van der Waals surface area (Å²) in [5.74, 6) is 2.27. The van der Waals surface area contributed by atoms with Gasteiger partial charge in [0.25, 0.3) is 0 Å². The predicted molar refractivity (Wildman–Crippen MR) is 62.6 cm³/mol. The second kappa shape index (κ2) is 4.69. The van der Waals surface area contributed by atoms with E-state index < -0.39 is 0 Å². The van der Waals surface area contributed by atoms with Gasteiger partial charge >= 0.3 is 0 Å². The van der Waals surface area contributed by atoms with Gasteiger partial charge in [-0.05, 0) is 19.1 Å². The van der Waals surface area contributed by atoms with Crippen LogP contribution in [0.5, 0.6) is 17.2 Å². The normalized spacial score (nSPS) is 10.0. The van der Waals surface area contributed by atoms with Crippen LogP contribution >= 0.6 is 0 Å². The van der Waals surface area contributed by atoms with E-state index in [0.717, 1.165) is 0 Å². The number of nitrogens with zero attached hydrogens (tertiary/aromatic N) is 2. The summed E-state index contributed by atoms with van der Waals surface area (Å²) in [5.41, 5.74) is 7.85. The molecule has 0 fully saturated rings. The van der Waals surface area contributed by atoms with Crippen LogP contribution in [0, 0.1) is 6.92 Å². The van der Waals surface area contributed by atoms with Crippen molar-refractivity contribution in [3.8, 4) is 17.2 Å². The summed E-state index contributed by atoms with van der Waals surface area (Å²) in [5, 5.41) is 0. The molecule has 87 valence electrons. The Morgan fingerprint density at radius 2 is 1.82 bits per heavy atom. The Kier molecular flexibility index (Phi) is 3.09. The van der Waals surface area contributed by atoms with Gasteiger partial charge in [-0.3, -0.25) is 0 Å². The van der Waals surface area contributed by atoms with Crippen LogP contribution in [0.1, 0.15) is 5.82 Å². The smallest absolute Gasteiger partial charge is 0.169 e. The molecule has 1 aromatic carbocycles. The number of benzene rings is 1. The number of aryl methyl sites for hydroxylation is 1. The number of aromatic nitrogens is 2. The maximum absolute atomic E-state index is 7.48. The van der Waals surface area contributed by atoms with Crippen molar-refractivity contribution >= 4 is 5.69 Å². The van der Waals surface area contributed by atoms with Crippen LogP contribution in [-0.4, -0.2) is 17.1 Å². The lowest BCUT2D eigenvalue weighted by atomic mass is 10.3. The molecule has 2 rings (SSSR count). The molecule has 0 bridgehead atoms. The van der Waals surface area contributed by atoms with E-state index in [1.54, 1.807) is 37.5 Å². The molecule has 0 atom stereocenters. The average molecular weight is 230 g/mol. The highest BCUT2D eigenvalue weighted by Gasteiger charge is 2.06. The van der Waals surface area contributed by atoms with Gasteiger partial charge in [-0.15, -0.1) is 0 Å². The molecule has 0 aliphatic rings. The molecule has 1 N–H and O–H groups in total. The molecule has 17 heavy (non-hydrogen) atoms. The third-order valence-electron chi connectivity index (χ3n) is 2.15. The van der Waals surface area contributed by atoms with Crippen LogP contribution < -0.4 is 15.2 Å². The number of ether oxygens (including phenoxy) is 2. The maximum atomic E-state index is 7.48. The molecule has 0 saturated heterocycles. The highest BCUT2D eigenvalue weighted by Crippen LogP contribution is 2.32. The highest BCUT2D eigenvalue weighted by molar-refractivity contribution is 5.51. The fraction of sp³-hybridized carbons (Fsp3) is 0.167. The summed E-state index contributed by atoms with van der Waals surface area (Å²) in [4.78, 5) is 8.07. The van der Waals surface area contributed by atoms with Gasteiger partial charge in [-0.25, -0.2) is 9.97 Å². The quantitative estimate of drug-likeness (QED) is 0.812. The minimum atomic E-state index is 0.370. The first-order chi connectivity index (χ1) is 8.19. The monoisotopic (exact) mass is 230 g/mol. The minimum Gasteiger partial charge on any atom is -0.493 e. The van der Waals surface area contributed by atoms with Crippen LogP contribution in [0.4, 0.5) is 5.69 Å². The van der Waals surface area contributed by atoms with Crippen molar-refractivity contribution in [3.05, 3.63) is 36.4 Å². The summed E-state index contributed by atoms with van der Waals surface area (Å²) >= 11 is 0. The van der Waals surface area contributed by atoms with Gasteiger partial charge < -0.3 is 15.2 Å². The van der Waals surface area contributed by atoms with Crippen molar-refractivity contribution in [3.63, 3.8) is 0 Å². The topological polar surface area (TPSA) is 68.0 Å². The second-order valence-electron chi connectivity index (χ2n) is 3.43. The zero-order valence-electron chi connectivity index (χ0n) is 9.60. The predicted octanol–water partition coefficient (Wildman–Crippen LogP) is 2.50. The third-order valence-corrected chi connectivity index (χ3v) is 2.15. The van der Waals surface area contributed by atoms with Gasteiger partial charge in [0.05, 0.1) is 25.2 Å². The summed E-state index contributed by atoms with van der Waals surface area (Å²) in [6.45, 7) is 1.80. The van der Waals surface area contributed by atoms with Gasteiger partial charge in [-0.1, -0.05) is 0 Å². The molecule has 0 spiro atoms. The van der Waals surface area contributed by atoms with E-state index in [4.69, 9.17) is 15.2 Å². The van der Waals surface area contributed by atoms with Gasteiger partial charge in [0.2, 0.25) is 0 Å². The minimum absolute atomic E-state index is 0.370. The van der Waals surface area contributed by atoms with Crippen molar-refractivity contribution in [1.29, 1.82) is 0 Å². The summed E-state index contributed by atoms with van der Waals surface area (Å²) in [6, 6.07) is 4.90. The van der Waals surface area contributed by atoms with E-state index in [0.29, 0.717) is 28.8 Å². The molecular weight excluding hydrogens is 218 g/mol. The standard InChI is InChI=1S/C12H12N3O2/c1-8-14-6-10(7-15-8)17-11-4-3-9(13)5-12(11)16-2/h3-7,13H,1-2H3. The fourth-order valence-corrected chi connectivity index (χ4v) is 1.31. The maximum Gasteiger partial charge on any atom is 0.169 e. The molecule has 0 aliphatic heterocycles. The average Bonchev–Trinajstić information content (AvgIpc) is 2.34. The zero-order chi connectivity index (χ0) is 12.3. The molecule has 0 unspecified atom stereocenters. The molecule has 5 heteroatoms. The van der Waals surface area contributed by atoms with Crippen LogP contribution in [0.15, 0.2) is 30.6 Å². The molecule has 2 aromatic rings. The first-order valence-corrected chi connectivity index (χ1v) is 5.05. The van der Waals surface area contributed by atoms with E-state index in [-0.39, 0.29) is 0 Å². The van der Waals surface area contributed by atoms with Crippen molar-refractivity contribution < 1.29 is 9.47 Å². The van der Waals surface area contributed by atoms with Crippen molar-refractivity contribution in [2.75, 3.05) is 7.11 Å². The van der Waals surface area contributed by atoms with Gasteiger partial charge in [0, 0.05) is 6.07 Å². The number of nitrogens with one attached hydrogen (secondary N) is 1. The molecule has 0 amide bonds. The Hall–Kier alpha value is -2.30. The lowest BCUT2D eigenvalue weighted by Gasteiger charge is -2.09. The SMILES string of the molecule is COc1cc([NH])ccc1Oc1cnc(C)nc1. The van der Waals surface area contributed by atoms with Crippen molar-refractivity contribution in [2.45, 2.75) is 6.92 Å². The molecular formula is C12H12N3O2. The van der Waals surface area contributed by atoms with E-state index in [1.807, 2.05) is 0 Å². The van der Waals surface area contributed by atoms with E-state index in [2.05, 4.69) is 9.97 Å². The van der Waals surface area contributed by atoms with E-state index in [9.17, 15) is 0 Å². The Bertz CT molecular complexity index is 512. The number of hydrogen-bond donors (Lipinski definition) is 0. The van der Waals surface area contributed by atoms with Crippen molar-refractivity contribution in [2.24, 2.45) is 0 Å². The van der Waals surface area contributed by atoms with Gasteiger partial charge in [0.15, 0.2) is 17.2 Å². The van der Waals surface area contributed by atoms with Crippen LogP contribution in [-0.2, 0) is 0 Å². The third kappa shape index (κ3) is 2.63. The first kappa shape index (κ1) is 11.2. The summed E-state index contributed by atoms with van der Waals surface area (Å²) in [6.07, 6.45) is 3.19. The number of hydrogen-bond acceptors (Lipinski definition) is 4. The Labute approximate surface area is 99.2 Å². The summed E-state index contributed by atoms with van der Waals surface area (Å²) in [7, 11) is 1.53. The zero-order valence-corrected chi connectivity index (χ0v) is 9.60. The van der Waals surface area contributed by atoms with E-state index in [1.165, 1.54) is 7.11 Å².